The summed E-state index contributed by atoms with van der Waals surface area (Å²) in [6, 6.07) is 4.32. The van der Waals surface area contributed by atoms with Crippen LogP contribution in [-0.4, -0.2) is 38.3 Å². The van der Waals surface area contributed by atoms with E-state index in [9.17, 15) is 0 Å². The van der Waals surface area contributed by atoms with E-state index in [1.54, 1.807) is 6.26 Å². The molecule has 1 heterocycles. The zero-order chi connectivity index (χ0) is 16.8. The summed E-state index contributed by atoms with van der Waals surface area (Å²) in [5.74, 6) is 1.86. The van der Waals surface area contributed by atoms with E-state index in [0.29, 0.717) is 6.04 Å². The van der Waals surface area contributed by atoms with Gasteiger partial charge in [0.25, 0.3) is 0 Å². The summed E-state index contributed by atoms with van der Waals surface area (Å²) in [6.07, 6.45) is 6.90. The average Bonchev–Trinajstić information content (AvgIpc) is 3.07. The third kappa shape index (κ3) is 10.00. The Kier molecular flexibility index (Phi) is 11.0. The molecule has 1 unspecified atom stereocenters. The van der Waals surface area contributed by atoms with Crippen molar-refractivity contribution in [2.75, 3.05) is 26.3 Å². The van der Waals surface area contributed by atoms with Crippen molar-refractivity contribution < 1.29 is 9.15 Å². The topological polar surface area (TPSA) is 58.8 Å². The van der Waals surface area contributed by atoms with Crippen molar-refractivity contribution in [1.29, 1.82) is 0 Å². The normalized spacial score (nSPS) is 13.1. The molecular formula is C18H33N3O2. The molecule has 1 aromatic heterocycles. The summed E-state index contributed by atoms with van der Waals surface area (Å²) in [5, 5.41) is 6.80. The fourth-order valence-electron chi connectivity index (χ4n) is 1.95. The summed E-state index contributed by atoms with van der Waals surface area (Å²) < 4.78 is 10.9. The second-order valence-corrected chi connectivity index (χ2v) is 5.76. The van der Waals surface area contributed by atoms with Gasteiger partial charge in [-0.15, -0.1) is 0 Å². The van der Waals surface area contributed by atoms with Crippen LogP contribution in [-0.2, 0) is 11.2 Å². The molecule has 0 fully saturated rings. The fraction of sp³-hybridized carbons (Fsp3) is 0.722. The fourth-order valence-corrected chi connectivity index (χ4v) is 1.95. The maximum absolute atomic E-state index is 5.57. The van der Waals surface area contributed by atoms with Crippen molar-refractivity contribution in [2.45, 2.75) is 58.9 Å². The first-order chi connectivity index (χ1) is 11.3. The molecule has 0 aliphatic heterocycles. The second-order valence-electron chi connectivity index (χ2n) is 5.76. The maximum atomic E-state index is 5.57. The van der Waals surface area contributed by atoms with Crippen molar-refractivity contribution in [1.82, 2.24) is 10.6 Å². The molecule has 0 radical (unpaired) electrons. The molecule has 2 N–H and O–H groups in total. The van der Waals surface area contributed by atoms with E-state index in [1.807, 2.05) is 12.1 Å². The van der Waals surface area contributed by atoms with Gasteiger partial charge in [-0.2, -0.15) is 0 Å². The zero-order valence-electron chi connectivity index (χ0n) is 14.9. The number of unbranched alkanes of at least 4 members (excludes halogenated alkanes) is 1. The number of nitrogens with zero attached hydrogens (tertiary/aromatic N) is 1. The summed E-state index contributed by atoms with van der Waals surface area (Å²) >= 11 is 0. The van der Waals surface area contributed by atoms with Crippen molar-refractivity contribution in [3.63, 3.8) is 0 Å². The first-order valence-electron chi connectivity index (χ1n) is 8.91. The molecule has 1 aromatic rings. The Morgan fingerprint density at radius 2 is 2.13 bits per heavy atom. The Bertz CT molecular complexity index is 404. The van der Waals surface area contributed by atoms with Crippen LogP contribution >= 0.6 is 0 Å². The van der Waals surface area contributed by atoms with E-state index < -0.39 is 0 Å². The Balaban J connectivity index is 2.27. The van der Waals surface area contributed by atoms with E-state index in [2.05, 4.69) is 36.4 Å². The van der Waals surface area contributed by atoms with Gasteiger partial charge in [0.15, 0.2) is 5.96 Å². The molecule has 23 heavy (non-hydrogen) atoms. The smallest absolute Gasteiger partial charge is 0.191 e. The lowest BCUT2D eigenvalue weighted by Crippen LogP contribution is -2.42. The minimum Gasteiger partial charge on any atom is -0.469 e. The molecule has 5 nitrogen and oxygen atoms in total. The van der Waals surface area contributed by atoms with Gasteiger partial charge in [-0.3, -0.25) is 4.99 Å². The van der Waals surface area contributed by atoms with E-state index in [1.165, 1.54) is 6.42 Å². The summed E-state index contributed by atoms with van der Waals surface area (Å²) in [4.78, 5) is 4.63. The number of ether oxygens (including phenoxy) is 1. The number of aliphatic imine (C=N–C) groups is 1. The second kappa shape index (κ2) is 13.0. The van der Waals surface area contributed by atoms with Gasteiger partial charge >= 0.3 is 0 Å². The lowest BCUT2D eigenvalue weighted by molar-refractivity contribution is 0.130. The number of nitrogens with one attached hydrogen (secondary N) is 2. The number of hydrogen-bond acceptors (Lipinski definition) is 3. The maximum Gasteiger partial charge on any atom is 0.191 e. The van der Waals surface area contributed by atoms with Crippen molar-refractivity contribution in [3.05, 3.63) is 24.2 Å². The third-order valence-corrected chi connectivity index (χ3v) is 3.60. The van der Waals surface area contributed by atoms with E-state index >= 15 is 0 Å². The van der Waals surface area contributed by atoms with Crippen molar-refractivity contribution >= 4 is 5.96 Å². The van der Waals surface area contributed by atoms with E-state index in [4.69, 9.17) is 9.15 Å². The predicted molar refractivity (Wildman–Crippen MR) is 95.9 cm³/mol. The van der Waals surface area contributed by atoms with Crippen LogP contribution in [0.1, 0.15) is 52.2 Å². The van der Waals surface area contributed by atoms with Gasteiger partial charge in [-0.05, 0) is 38.3 Å². The number of rotatable bonds is 12. The SMILES string of the molecule is CCCCOCCCN=C(NCCc1ccco1)NC(C)CC. The highest BCUT2D eigenvalue weighted by Crippen LogP contribution is 1.99. The Morgan fingerprint density at radius 1 is 1.30 bits per heavy atom. The zero-order valence-corrected chi connectivity index (χ0v) is 14.9. The van der Waals surface area contributed by atoms with Gasteiger partial charge in [-0.25, -0.2) is 0 Å². The van der Waals surface area contributed by atoms with Crippen LogP contribution in [0.4, 0.5) is 0 Å². The van der Waals surface area contributed by atoms with Crippen LogP contribution in [0.2, 0.25) is 0 Å². The molecule has 1 rings (SSSR count). The highest BCUT2D eigenvalue weighted by atomic mass is 16.5. The minimum absolute atomic E-state index is 0.408. The molecule has 1 atom stereocenters. The predicted octanol–water partition coefficient (Wildman–Crippen LogP) is 3.36. The van der Waals surface area contributed by atoms with Crippen LogP contribution in [0.5, 0.6) is 0 Å². The molecule has 0 aromatic carbocycles. The molecule has 0 saturated carbocycles. The Hall–Kier alpha value is -1.49. The van der Waals surface area contributed by atoms with Crippen LogP contribution in [0.3, 0.4) is 0 Å². The Labute approximate surface area is 140 Å². The number of guanidine groups is 1. The van der Waals surface area contributed by atoms with Gasteiger partial charge in [0, 0.05) is 38.8 Å². The van der Waals surface area contributed by atoms with Crippen LogP contribution in [0.25, 0.3) is 0 Å². The average molecular weight is 323 g/mol. The first kappa shape index (κ1) is 19.6. The monoisotopic (exact) mass is 323 g/mol. The quantitative estimate of drug-likeness (QED) is 0.352. The first-order valence-corrected chi connectivity index (χ1v) is 8.91. The molecule has 0 aliphatic carbocycles. The van der Waals surface area contributed by atoms with Gasteiger partial charge in [0.1, 0.15) is 5.76 Å². The molecular weight excluding hydrogens is 290 g/mol. The summed E-state index contributed by atoms with van der Waals surface area (Å²) in [6.45, 7) is 9.74. The van der Waals surface area contributed by atoms with Gasteiger partial charge in [-0.1, -0.05) is 20.3 Å². The molecule has 5 heteroatoms. The van der Waals surface area contributed by atoms with E-state index in [-0.39, 0.29) is 0 Å². The molecule has 0 aliphatic rings. The number of hydrogen-bond donors (Lipinski definition) is 2. The number of furan rings is 1. The van der Waals surface area contributed by atoms with Gasteiger partial charge < -0.3 is 19.8 Å². The minimum atomic E-state index is 0.408. The lowest BCUT2D eigenvalue weighted by Gasteiger charge is -2.16. The standard InChI is InChI=1S/C18H33N3O2/c1-4-6-13-22-14-8-11-19-18(21-16(3)5-2)20-12-10-17-9-7-15-23-17/h7,9,15-16H,4-6,8,10-14H2,1-3H3,(H2,19,20,21). The van der Waals surface area contributed by atoms with Gasteiger partial charge in [0.05, 0.1) is 6.26 Å². The van der Waals surface area contributed by atoms with Crippen LogP contribution in [0.15, 0.2) is 27.8 Å². The van der Waals surface area contributed by atoms with Crippen LogP contribution in [0, 0.1) is 0 Å². The Morgan fingerprint density at radius 3 is 2.83 bits per heavy atom. The van der Waals surface area contributed by atoms with Crippen molar-refractivity contribution in [3.8, 4) is 0 Å². The molecule has 0 amide bonds. The highest BCUT2D eigenvalue weighted by molar-refractivity contribution is 5.80. The molecule has 132 valence electrons. The summed E-state index contributed by atoms with van der Waals surface area (Å²) in [5.41, 5.74) is 0. The van der Waals surface area contributed by atoms with E-state index in [0.717, 1.165) is 63.7 Å². The highest BCUT2D eigenvalue weighted by Gasteiger charge is 2.04. The molecule has 0 spiro atoms. The largest absolute Gasteiger partial charge is 0.469 e. The lowest BCUT2D eigenvalue weighted by atomic mass is 10.3. The third-order valence-electron chi connectivity index (χ3n) is 3.60. The summed E-state index contributed by atoms with van der Waals surface area (Å²) in [7, 11) is 0. The molecule has 0 saturated heterocycles. The molecule has 0 bridgehead atoms. The van der Waals surface area contributed by atoms with Crippen LogP contribution < -0.4 is 10.6 Å². The van der Waals surface area contributed by atoms with Gasteiger partial charge in [0.2, 0.25) is 0 Å². The van der Waals surface area contributed by atoms with Crippen molar-refractivity contribution in [2.24, 2.45) is 4.99 Å².